The van der Waals surface area contributed by atoms with Crippen molar-refractivity contribution in [2.45, 2.75) is 57.2 Å². The molecule has 10 heteroatoms. The molecule has 0 unspecified atom stereocenters. The number of halogens is 8. The third kappa shape index (κ3) is 7.32. The highest BCUT2D eigenvalue weighted by molar-refractivity contribution is 6.31. The fourth-order valence-corrected chi connectivity index (χ4v) is 4.29. The van der Waals surface area contributed by atoms with Gasteiger partial charge in [-0.05, 0) is 74.0 Å². The molecule has 2 aromatic carbocycles. The largest absolute Gasteiger partial charge is 0.416 e. The molecule has 1 saturated carbocycles. The van der Waals surface area contributed by atoms with Crippen molar-refractivity contribution in [1.82, 2.24) is 10.6 Å². The number of hydrogen-bond acceptors (Lipinski definition) is 2. The first kappa shape index (κ1) is 25.8. The van der Waals surface area contributed by atoms with Crippen molar-refractivity contribution in [2.24, 2.45) is 5.92 Å². The molecule has 2 aromatic rings. The second kappa shape index (κ2) is 10.6. The van der Waals surface area contributed by atoms with E-state index in [1.54, 1.807) is 12.1 Å². The Morgan fingerprint density at radius 2 is 1.45 bits per heavy atom. The molecule has 0 heterocycles. The van der Waals surface area contributed by atoms with Crippen LogP contribution in [0.4, 0.5) is 30.7 Å². The Labute approximate surface area is 192 Å². The lowest BCUT2D eigenvalue weighted by atomic mass is 9.86. The van der Waals surface area contributed by atoms with Gasteiger partial charge in [-0.3, -0.25) is 0 Å². The molecule has 182 valence electrons. The highest BCUT2D eigenvalue weighted by Crippen LogP contribution is 2.36. The van der Waals surface area contributed by atoms with E-state index in [4.69, 9.17) is 11.6 Å². The zero-order valence-electron chi connectivity index (χ0n) is 17.6. The lowest BCUT2D eigenvalue weighted by Crippen LogP contribution is -2.35. The highest BCUT2D eigenvalue weighted by Gasteiger charge is 2.36. The maximum Gasteiger partial charge on any atom is 0.416 e. The average molecular weight is 497 g/mol. The van der Waals surface area contributed by atoms with Gasteiger partial charge in [0.05, 0.1) is 11.1 Å². The molecule has 0 bridgehead atoms. The zero-order valence-corrected chi connectivity index (χ0v) is 18.3. The van der Waals surface area contributed by atoms with Gasteiger partial charge in [-0.25, -0.2) is 4.39 Å². The van der Waals surface area contributed by atoms with Crippen molar-refractivity contribution in [3.8, 4) is 0 Å². The van der Waals surface area contributed by atoms with E-state index in [1.807, 2.05) is 0 Å². The first-order chi connectivity index (χ1) is 15.4. The highest BCUT2D eigenvalue weighted by atomic mass is 35.5. The molecule has 0 amide bonds. The van der Waals surface area contributed by atoms with Gasteiger partial charge < -0.3 is 10.6 Å². The van der Waals surface area contributed by atoms with Crippen LogP contribution in [0.15, 0.2) is 36.4 Å². The maximum atomic E-state index is 13.9. The maximum absolute atomic E-state index is 13.9. The van der Waals surface area contributed by atoms with Crippen LogP contribution in [0.2, 0.25) is 5.02 Å². The van der Waals surface area contributed by atoms with E-state index in [1.165, 1.54) is 6.07 Å². The lowest BCUT2D eigenvalue weighted by molar-refractivity contribution is -0.143. The van der Waals surface area contributed by atoms with Crippen molar-refractivity contribution in [1.29, 1.82) is 0 Å². The smallest absolute Gasteiger partial charge is 0.312 e. The summed E-state index contributed by atoms with van der Waals surface area (Å²) >= 11 is 6.03. The summed E-state index contributed by atoms with van der Waals surface area (Å²) in [5, 5.41) is 6.66. The van der Waals surface area contributed by atoms with E-state index in [0.717, 1.165) is 37.8 Å². The van der Waals surface area contributed by atoms with E-state index in [2.05, 4.69) is 10.6 Å². The predicted octanol–water partition coefficient (Wildman–Crippen LogP) is 6.95. The minimum absolute atomic E-state index is 0.0609. The number of benzene rings is 2. The van der Waals surface area contributed by atoms with Crippen molar-refractivity contribution < 1.29 is 30.7 Å². The summed E-state index contributed by atoms with van der Waals surface area (Å²) in [7, 11) is 0. The van der Waals surface area contributed by atoms with Crippen molar-refractivity contribution in [3.63, 3.8) is 0 Å². The van der Waals surface area contributed by atoms with Crippen LogP contribution in [0.1, 0.15) is 47.9 Å². The molecule has 1 aliphatic rings. The average Bonchev–Trinajstić information content (AvgIpc) is 2.73. The molecule has 1 aliphatic carbocycles. The molecule has 0 aliphatic heterocycles. The predicted molar refractivity (Wildman–Crippen MR) is 112 cm³/mol. The zero-order chi connectivity index (χ0) is 24.2. The standard InChI is InChI=1S/C23H24ClF7N2/c24-20-2-1-3-21(25)19(20)13-33-18-6-4-14(5-7-18)11-32-12-15-8-16(22(26,27)28)10-17(9-15)23(29,30)31/h1-3,8-10,14,18,32-33H,4-7,11-13H2. The Morgan fingerprint density at radius 1 is 0.848 bits per heavy atom. The molecule has 2 nitrogen and oxygen atoms in total. The summed E-state index contributed by atoms with van der Waals surface area (Å²) in [6.45, 7) is 0.719. The first-order valence-electron chi connectivity index (χ1n) is 10.6. The van der Waals surface area contributed by atoms with Crippen LogP contribution in [-0.4, -0.2) is 12.6 Å². The third-order valence-electron chi connectivity index (χ3n) is 5.89. The van der Waals surface area contributed by atoms with E-state index in [0.29, 0.717) is 23.7 Å². The molecule has 33 heavy (non-hydrogen) atoms. The van der Waals surface area contributed by atoms with Crippen LogP contribution in [0.3, 0.4) is 0 Å². The number of nitrogens with one attached hydrogen (secondary N) is 2. The van der Waals surface area contributed by atoms with E-state index in [-0.39, 0.29) is 36.0 Å². The van der Waals surface area contributed by atoms with Gasteiger partial charge in [-0.15, -0.1) is 0 Å². The van der Waals surface area contributed by atoms with E-state index in [9.17, 15) is 30.7 Å². The van der Waals surface area contributed by atoms with Crippen LogP contribution in [0, 0.1) is 11.7 Å². The van der Waals surface area contributed by atoms with Gasteiger partial charge >= 0.3 is 12.4 Å². The monoisotopic (exact) mass is 496 g/mol. The fourth-order valence-electron chi connectivity index (χ4n) is 4.06. The summed E-state index contributed by atoms with van der Waals surface area (Å²) in [5.41, 5.74) is -2.26. The van der Waals surface area contributed by atoms with E-state index < -0.39 is 23.5 Å². The Morgan fingerprint density at radius 3 is 2.00 bits per heavy atom. The van der Waals surface area contributed by atoms with Crippen LogP contribution in [0.5, 0.6) is 0 Å². The van der Waals surface area contributed by atoms with Gasteiger partial charge in [0.25, 0.3) is 0 Å². The number of alkyl halides is 6. The van der Waals surface area contributed by atoms with Crippen LogP contribution < -0.4 is 10.6 Å². The molecule has 0 radical (unpaired) electrons. The fraction of sp³-hybridized carbons (Fsp3) is 0.478. The third-order valence-corrected chi connectivity index (χ3v) is 6.24. The Kier molecular flexibility index (Phi) is 8.29. The minimum atomic E-state index is -4.85. The molecular weight excluding hydrogens is 473 g/mol. The van der Waals surface area contributed by atoms with Crippen LogP contribution in [0.25, 0.3) is 0 Å². The van der Waals surface area contributed by atoms with Gasteiger partial charge in [0.15, 0.2) is 0 Å². The number of rotatable bonds is 7. The Balaban J connectivity index is 1.48. The lowest BCUT2D eigenvalue weighted by Gasteiger charge is -2.29. The summed E-state index contributed by atoms with van der Waals surface area (Å²) in [6.07, 6.45) is -6.36. The molecule has 1 fully saturated rings. The first-order valence-corrected chi connectivity index (χ1v) is 11.0. The molecular formula is C23H24ClF7N2. The normalized spacial score (nSPS) is 19.6. The van der Waals surface area contributed by atoms with Crippen molar-refractivity contribution >= 4 is 11.6 Å². The summed E-state index contributed by atoms with van der Waals surface area (Å²) < 4.78 is 91.7. The summed E-state index contributed by atoms with van der Waals surface area (Å²) in [6, 6.07) is 6.34. The minimum Gasteiger partial charge on any atom is -0.312 e. The van der Waals surface area contributed by atoms with Gasteiger partial charge in [0.1, 0.15) is 5.82 Å². The Bertz CT molecular complexity index is 883. The van der Waals surface area contributed by atoms with Crippen molar-refractivity contribution in [2.75, 3.05) is 6.54 Å². The SMILES string of the molecule is Fc1cccc(Cl)c1CNC1CCC(CNCc2cc(C(F)(F)F)cc(C(F)(F)F)c2)CC1. The molecule has 0 spiro atoms. The molecule has 0 aromatic heterocycles. The van der Waals surface area contributed by atoms with Gasteiger partial charge in [-0.2, -0.15) is 26.3 Å². The Hall–Kier alpha value is -1.84. The summed E-state index contributed by atoms with van der Waals surface area (Å²) in [5.74, 6) is -0.107. The second-order valence-electron chi connectivity index (χ2n) is 8.34. The molecule has 3 rings (SSSR count). The van der Waals surface area contributed by atoms with Gasteiger partial charge in [0, 0.05) is 29.7 Å². The summed E-state index contributed by atoms with van der Waals surface area (Å²) in [4.78, 5) is 0. The molecule has 0 atom stereocenters. The van der Waals surface area contributed by atoms with Crippen LogP contribution >= 0.6 is 11.6 Å². The molecule has 0 saturated heterocycles. The molecule has 2 N–H and O–H groups in total. The second-order valence-corrected chi connectivity index (χ2v) is 8.75. The van der Waals surface area contributed by atoms with Crippen LogP contribution in [-0.2, 0) is 25.4 Å². The van der Waals surface area contributed by atoms with E-state index >= 15 is 0 Å². The topological polar surface area (TPSA) is 24.1 Å². The van der Waals surface area contributed by atoms with Crippen molar-refractivity contribution in [3.05, 3.63) is 69.5 Å². The quantitative estimate of drug-likeness (QED) is 0.405. The van der Waals surface area contributed by atoms with Gasteiger partial charge in [-0.1, -0.05) is 17.7 Å². The number of hydrogen-bond donors (Lipinski definition) is 2. The van der Waals surface area contributed by atoms with Gasteiger partial charge in [0.2, 0.25) is 0 Å².